The van der Waals surface area contributed by atoms with Crippen molar-refractivity contribution in [2.45, 2.75) is 26.2 Å². The lowest BCUT2D eigenvalue weighted by Crippen LogP contribution is -2.35. The lowest BCUT2D eigenvalue weighted by atomic mass is 9.93. The summed E-state index contributed by atoms with van der Waals surface area (Å²) in [7, 11) is 1.98. The third-order valence-electron chi connectivity index (χ3n) is 3.98. The quantitative estimate of drug-likeness (QED) is 0.660. The molecule has 0 saturated carbocycles. The van der Waals surface area contributed by atoms with Crippen LogP contribution >= 0.6 is 0 Å². The van der Waals surface area contributed by atoms with Gasteiger partial charge in [-0.25, -0.2) is 4.98 Å². The highest BCUT2D eigenvalue weighted by Crippen LogP contribution is 2.26. The Morgan fingerprint density at radius 3 is 2.70 bits per heavy atom. The molecular formula is C14H22N4O2. The highest BCUT2D eigenvalue weighted by atomic mass is 16.6. The Labute approximate surface area is 119 Å². The summed E-state index contributed by atoms with van der Waals surface area (Å²) in [5.74, 6) is 1.64. The molecule has 0 amide bonds. The second kappa shape index (κ2) is 6.65. The third-order valence-corrected chi connectivity index (χ3v) is 3.98. The summed E-state index contributed by atoms with van der Waals surface area (Å²) in [5.41, 5.74) is 0.586. The molecule has 1 aromatic rings. The smallest absolute Gasteiger partial charge is 0.290 e. The van der Waals surface area contributed by atoms with E-state index in [4.69, 9.17) is 0 Å². The molecule has 0 spiro atoms. The summed E-state index contributed by atoms with van der Waals surface area (Å²) >= 11 is 0. The largest absolute Gasteiger partial charge is 0.357 e. The highest BCUT2D eigenvalue weighted by Gasteiger charge is 2.21. The van der Waals surface area contributed by atoms with Crippen molar-refractivity contribution >= 4 is 11.5 Å². The van der Waals surface area contributed by atoms with Crippen molar-refractivity contribution in [3.05, 3.63) is 27.9 Å². The zero-order valence-electron chi connectivity index (χ0n) is 12.1. The average molecular weight is 278 g/mol. The van der Waals surface area contributed by atoms with E-state index in [1.54, 1.807) is 19.1 Å². The van der Waals surface area contributed by atoms with Crippen LogP contribution in [0.25, 0.3) is 0 Å². The lowest BCUT2D eigenvalue weighted by molar-refractivity contribution is -0.385. The van der Waals surface area contributed by atoms with Crippen molar-refractivity contribution in [2.24, 2.45) is 5.92 Å². The fourth-order valence-electron chi connectivity index (χ4n) is 2.71. The van der Waals surface area contributed by atoms with E-state index in [0.717, 1.165) is 31.4 Å². The predicted octanol–water partition coefficient (Wildman–Crippen LogP) is 2.12. The highest BCUT2D eigenvalue weighted by molar-refractivity contribution is 5.47. The van der Waals surface area contributed by atoms with Crippen LogP contribution in [0.4, 0.5) is 11.5 Å². The number of piperidine rings is 1. The van der Waals surface area contributed by atoms with E-state index >= 15 is 0 Å². The molecule has 2 rings (SSSR count). The molecule has 0 aromatic carbocycles. The Morgan fingerprint density at radius 1 is 1.45 bits per heavy atom. The van der Waals surface area contributed by atoms with E-state index in [2.05, 4.69) is 15.2 Å². The topological polar surface area (TPSA) is 71.3 Å². The predicted molar refractivity (Wildman–Crippen MR) is 79.1 cm³/mol. The first kappa shape index (κ1) is 14.7. The molecule has 6 nitrogen and oxygen atoms in total. The standard InChI is InChI=1S/C14H22N4O2/c1-11-13(18(19)20)3-4-14(16-11)17-9-6-12(7-10-17)5-8-15-2/h3-4,12,15H,5-10H2,1-2H3. The van der Waals surface area contributed by atoms with Gasteiger partial charge in [-0.3, -0.25) is 10.1 Å². The van der Waals surface area contributed by atoms with Crippen LogP contribution in [0.2, 0.25) is 0 Å². The average Bonchev–Trinajstić information content (AvgIpc) is 2.45. The minimum Gasteiger partial charge on any atom is -0.357 e. The monoisotopic (exact) mass is 278 g/mol. The number of aryl methyl sites for hydroxylation is 1. The van der Waals surface area contributed by atoms with Gasteiger partial charge in [0.25, 0.3) is 5.69 Å². The van der Waals surface area contributed by atoms with Gasteiger partial charge in [0.05, 0.1) is 4.92 Å². The van der Waals surface area contributed by atoms with Crippen molar-refractivity contribution in [2.75, 3.05) is 31.6 Å². The molecule has 1 fully saturated rings. The van der Waals surface area contributed by atoms with Gasteiger partial charge >= 0.3 is 0 Å². The van der Waals surface area contributed by atoms with Crippen molar-refractivity contribution in [1.29, 1.82) is 0 Å². The molecule has 0 aliphatic carbocycles. The van der Waals surface area contributed by atoms with E-state index in [-0.39, 0.29) is 10.6 Å². The van der Waals surface area contributed by atoms with E-state index in [0.29, 0.717) is 5.69 Å². The number of hydrogen-bond acceptors (Lipinski definition) is 5. The van der Waals surface area contributed by atoms with Crippen LogP contribution in [-0.4, -0.2) is 36.6 Å². The first-order chi connectivity index (χ1) is 9.61. The van der Waals surface area contributed by atoms with E-state index in [9.17, 15) is 10.1 Å². The number of aromatic nitrogens is 1. The molecule has 1 saturated heterocycles. The van der Waals surface area contributed by atoms with Gasteiger partial charge in [0.2, 0.25) is 0 Å². The third kappa shape index (κ3) is 3.45. The summed E-state index contributed by atoms with van der Waals surface area (Å²) in [5, 5.41) is 14.0. The van der Waals surface area contributed by atoms with Crippen LogP contribution in [-0.2, 0) is 0 Å². The normalized spacial score (nSPS) is 16.4. The van der Waals surface area contributed by atoms with Crippen LogP contribution in [0.5, 0.6) is 0 Å². The molecule has 0 radical (unpaired) electrons. The first-order valence-electron chi connectivity index (χ1n) is 7.13. The molecule has 6 heteroatoms. The maximum atomic E-state index is 10.8. The van der Waals surface area contributed by atoms with Crippen LogP contribution in [0.3, 0.4) is 0 Å². The zero-order valence-corrected chi connectivity index (χ0v) is 12.1. The maximum absolute atomic E-state index is 10.8. The Morgan fingerprint density at radius 2 is 2.15 bits per heavy atom. The van der Waals surface area contributed by atoms with Crippen LogP contribution < -0.4 is 10.2 Å². The van der Waals surface area contributed by atoms with Crippen molar-refractivity contribution in [3.63, 3.8) is 0 Å². The van der Waals surface area contributed by atoms with Crippen LogP contribution in [0.15, 0.2) is 12.1 Å². The summed E-state index contributed by atoms with van der Waals surface area (Å²) < 4.78 is 0. The zero-order chi connectivity index (χ0) is 14.5. The number of nitro groups is 1. The second-order valence-electron chi connectivity index (χ2n) is 5.35. The molecule has 1 aliphatic heterocycles. The van der Waals surface area contributed by atoms with Gasteiger partial charge in [-0.1, -0.05) is 0 Å². The minimum absolute atomic E-state index is 0.0951. The first-order valence-corrected chi connectivity index (χ1v) is 7.13. The van der Waals surface area contributed by atoms with Crippen LogP contribution in [0.1, 0.15) is 25.0 Å². The fourth-order valence-corrected chi connectivity index (χ4v) is 2.71. The fraction of sp³-hybridized carbons (Fsp3) is 0.643. The number of rotatable bonds is 5. The number of hydrogen-bond donors (Lipinski definition) is 1. The number of pyridine rings is 1. The maximum Gasteiger partial charge on any atom is 0.290 e. The van der Waals surface area contributed by atoms with Crippen molar-refractivity contribution < 1.29 is 4.92 Å². The van der Waals surface area contributed by atoms with Gasteiger partial charge in [-0.2, -0.15) is 0 Å². The van der Waals surface area contributed by atoms with Crippen molar-refractivity contribution in [3.8, 4) is 0 Å². The van der Waals surface area contributed by atoms with Crippen molar-refractivity contribution in [1.82, 2.24) is 10.3 Å². The van der Waals surface area contributed by atoms with E-state index < -0.39 is 0 Å². The lowest BCUT2D eigenvalue weighted by Gasteiger charge is -2.32. The molecule has 110 valence electrons. The van der Waals surface area contributed by atoms with Gasteiger partial charge in [-0.15, -0.1) is 0 Å². The van der Waals surface area contributed by atoms with Gasteiger partial charge in [-0.05, 0) is 51.8 Å². The summed E-state index contributed by atoms with van der Waals surface area (Å²) in [6.45, 7) is 4.73. The summed E-state index contributed by atoms with van der Waals surface area (Å²) in [6, 6.07) is 3.32. The van der Waals surface area contributed by atoms with Gasteiger partial charge < -0.3 is 10.2 Å². The van der Waals surface area contributed by atoms with Gasteiger partial charge in [0, 0.05) is 19.2 Å². The van der Waals surface area contributed by atoms with Gasteiger partial charge in [0.1, 0.15) is 11.5 Å². The van der Waals surface area contributed by atoms with E-state index in [1.807, 2.05) is 7.05 Å². The molecule has 1 N–H and O–H groups in total. The number of anilines is 1. The van der Waals surface area contributed by atoms with E-state index in [1.165, 1.54) is 19.3 Å². The molecular weight excluding hydrogens is 256 g/mol. The Bertz CT molecular complexity index is 470. The van der Waals surface area contributed by atoms with Crippen LogP contribution in [0, 0.1) is 23.0 Å². The molecule has 20 heavy (non-hydrogen) atoms. The second-order valence-corrected chi connectivity index (χ2v) is 5.35. The Kier molecular flexibility index (Phi) is 4.89. The SMILES string of the molecule is CNCCC1CCN(c2ccc([N+](=O)[O-])c(C)n2)CC1. The molecule has 0 unspecified atom stereocenters. The number of nitrogens with zero attached hydrogens (tertiary/aromatic N) is 3. The summed E-state index contributed by atoms with van der Waals surface area (Å²) in [6.07, 6.45) is 3.55. The van der Waals surface area contributed by atoms with Gasteiger partial charge in [0.15, 0.2) is 0 Å². The molecule has 1 aromatic heterocycles. The number of nitrogens with one attached hydrogen (secondary N) is 1. The minimum atomic E-state index is -0.379. The Balaban J connectivity index is 1.97. The molecule has 0 atom stereocenters. The molecule has 1 aliphatic rings. The molecule has 2 heterocycles. The summed E-state index contributed by atoms with van der Waals surface area (Å²) in [4.78, 5) is 17.0. The Hall–Kier alpha value is -1.69. The molecule has 0 bridgehead atoms.